The molecular weight excluding hydrogens is 270 g/mol. The Labute approximate surface area is 97.5 Å². The fourth-order valence-corrected chi connectivity index (χ4v) is 1.34. The van der Waals surface area contributed by atoms with E-state index >= 15 is 0 Å². The Balaban J connectivity index is 0.00000196. The molecule has 0 spiro atoms. The lowest BCUT2D eigenvalue weighted by Crippen LogP contribution is -2.73. The highest BCUT2D eigenvalue weighted by Crippen LogP contribution is 2.31. The molecule has 1 fully saturated rings. The van der Waals surface area contributed by atoms with Crippen molar-refractivity contribution in [1.29, 1.82) is 0 Å². The number of rotatable bonds is 2. The Bertz CT molecular complexity index is 266. The number of hydrogen-bond donors (Lipinski definition) is 0. The van der Waals surface area contributed by atoms with E-state index in [0.717, 1.165) is 0 Å². The van der Waals surface area contributed by atoms with E-state index < -0.39 is 15.5 Å². The highest BCUT2D eigenvalue weighted by molar-refractivity contribution is 8.93. The number of likely N-dealkylation sites (tertiary alicyclic amines) is 1. The fourth-order valence-electron chi connectivity index (χ4n) is 1.34. The second kappa shape index (κ2) is 4.01. The van der Waals surface area contributed by atoms with Crippen molar-refractivity contribution in [3.8, 4) is 0 Å². The van der Waals surface area contributed by atoms with Gasteiger partial charge in [0.15, 0.2) is 0 Å². The summed E-state index contributed by atoms with van der Waals surface area (Å²) in [7, 11) is 0. The number of hydrogen-bond acceptors (Lipinski definition) is 5. The van der Waals surface area contributed by atoms with Crippen LogP contribution in [0.3, 0.4) is 0 Å². The van der Waals surface area contributed by atoms with Crippen molar-refractivity contribution in [1.82, 2.24) is 4.90 Å². The second-order valence-corrected chi connectivity index (χ2v) is 4.52. The minimum Gasteiger partial charge on any atom is -0.272 e. The quantitative estimate of drug-likeness (QED) is 0.427. The molecule has 0 bridgehead atoms. The molecule has 1 heterocycles. The average Bonchev–Trinajstić information content (AvgIpc) is 1.77. The molecule has 7 nitrogen and oxygen atoms in total. The molecule has 0 aromatic carbocycles. The molecule has 8 heteroatoms. The highest BCUT2D eigenvalue weighted by atomic mass is 79.9. The predicted octanol–water partition coefficient (Wildman–Crippen LogP) is 0.928. The van der Waals surface area contributed by atoms with Gasteiger partial charge in [-0.1, -0.05) is 0 Å². The molecule has 0 radical (unpaired) electrons. The Morgan fingerprint density at radius 3 is 1.67 bits per heavy atom. The van der Waals surface area contributed by atoms with Crippen LogP contribution in [0.1, 0.15) is 20.8 Å². The molecule has 0 aromatic heterocycles. The van der Waals surface area contributed by atoms with Crippen molar-refractivity contribution in [3.63, 3.8) is 0 Å². The highest BCUT2D eigenvalue weighted by Gasteiger charge is 2.67. The van der Waals surface area contributed by atoms with Gasteiger partial charge in [-0.25, -0.2) is 0 Å². The van der Waals surface area contributed by atoms with Gasteiger partial charge in [-0.15, -0.1) is 17.0 Å². The van der Waals surface area contributed by atoms with E-state index in [2.05, 4.69) is 0 Å². The van der Waals surface area contributed by atoms with Crippen LogP contribution in [0.25, 0.3) is 0 Å². The lowest BCUT2D eigenvalue weighted by molar-refractivity contribution is -0.812. The molecule has 0 aromatic rings. The third kappa shape index (κ3) is 2.25. The van der Waals surface area contributed by atoms with E-state index in [1.165, 1.54) is 0 Å². The van der Waals surface area contributed by atoms with Crippen LogP contribution in [0.2, 0.25) is 0 Å². The normalized spacial score (nSPS) is 19.9. The van der Waals surface area contributed by atoms with Crippen molar-refractivity contribution in [3.05, 3.63) is 20.2 Å². The molecule has 15 heavy (non-hydrogen) atoms. The smallest absolute Gasteiger partial charge is 0.272 e. The van der Waals surface area contributed by atoms with Crippen molar-refractivity contribution >= 4 is 17.0 Å². The summed E-state index contributed by atoms with van der Waals surface area (Å²) >= 11 is 0. The van der Waals surface area contributed by atoms with Crippen LogP contribution in [-0.2, 0) is 0 Å². The molecule has 0 unspecified atom stereocenters. The van der Waals surface area contributed by atoms with Gasteiger partial charge in [-0.2, -0.15) is 0 Å². The molecule has 0 atom stereocenters. The zero-order valence-corrected chi connectivity index (χ0v) is 10.5. The minimum atomic E-state index is -1.98. The first-order valence-corrected chi connectivity index (χ1v) is 4.24. The zero-order valence-electron chi connectivity index (χ0n) is 8.80. The van der Waals surface area contributed by atoms with E-state index in [1.807, 2.05) is 20.8 Å². The zero-order chi connectivity index (χ0) is 11.1. The van der Waals surface area contributed by atoms with E-state index in [4.69, 9.17) is 0 Å². The van der Waals surface area contributed by atoms with Gasteiger partial charge in [0, 0.05) is 5.54 Å². The summed E-state index contributed by atoms with van der Waals surface area (Å²) in [6.07, 6.45) is 0. The maximum absolute atomic E-state index is 10.6. The SMILES string of the molecule is Br.CC(C)(C)N1CC([N+](=O)[O-])([N+](=O)[O-])C1. The first-order valence-electron chi connectivity index (χ1n) is 4.24. The van der Waals surface area contributed by atoms with Crippen LogP contribution in [-0.4, -0.2) is 39.0 Å². The van der Waals surface area contributed by atoms with E-state index in [0.29, 0.717) is 0 Å². The Hall–Kier alpha value is -0.760. The Morgan fingerprint density at radius 2 is 1.47 bits per heavy atom. The van der Waals surface area contributed by atoms with E-state index in [1.54, 1.807) is 4.90 Å². The summed E-state index contributed by atoms with van der Waals surface area (Å²) in [6, 6.07) is 0. The average molecular weight is 284 g/mol. The summed E-state index contributed by atoms with van der Waals surface area (Å²) < 4.78 is 0. The minimum absolute atomic E-state index is 0. The van der Waals surface area contributed by atoms with E-state index in [-0.39, 0.29) is 35.6 Å². The second-order valence-electron chi connectivity index (χ2n) is 4.52. The standard InChI is InChI=1S/C7H13N3O4.BrH/c1-6(2,3)8-4-7(5-8,9(11)12)10(13)14;/h4-5H2,1-3H3;1H. The molecular formula is C7H14BrN3O4. The van der Waals surface area contributed by atoms with Crippen LogP contribution >= 0.6 is 17.0 Å². The van der Waals surface area contributed by atoms with Crippen LogP contribution in [0, 0.1) is 20.2 Å². The number of nitrogens with zero attached hydrogens (tertiary/aromatic N) is 3. The first-order chi connectivity index (χ1) is 6.20. The summed E-state index contributed by atoms with van der Waals surface area (Å²) in [5, 5.41) is 21.1. The fraction of sp³-hybridized carbons (Fsp3) is 1.00. The molecule has 0 aliphatic carbocycles. The third-order valence-electron chi connectivity index (χ3n) is 2.52. The molecule has 1 rings (SSSR count). The monoisotopic (exact) mass is 283 g/mol. The summed E-state index contributed by atoms with van der Waals surface area (Å²) in [5.74, 6) is 0. The molecule has 1 aliphatic rings. The van der Waals surface area contributed by atoms with Gasteiger partial charge in [-0.3, -0.25) is 25.1 Å². The van der Waals surface area contributed by atoms with Gasteiger partial charge in [0.05, 0.1) is 0 Å². The molecule has 88 valence electrons. The maximum atomic E-state index is 10.6. The largest absolute Gasteiger partial charge is 0.482 e. The van der Waals surface area contributed by atoms with Crippen LogP contribution in [0.15, 0.2) is 0 Å². The molecule has 1 aliphatic heterocycles. The molecule has 0 amide bonds. The van der Waals surface area contributed by atoms with Crippen LogP contribution in [0.5, 0.6) is 0 Å². The lowest BCUT2D eigenvalue weighted by atomic mass is 9.93. The molecule has 1 saturated heterocycles. The van der Waals surface area contributed by atoms with Gasteiger partial charge in [0.25, 0.3) is 0 Å². The number of halogens is 1. The Kier molecular flexibility index (Phi) is 3.81. The van der Waals surface area contributed by atoms with Gasteiger partial charge in [0.2, 0.25) is 0 Å². The lowest BCUT2D eigenvalue weighted by Gasteiger charge is -2.44. The summed E-state index contributed by atoms with van der Waals surface area (Å²) in [6.45, 7) is 5.39. The van der Waals surface area contributed by atoms with E-state index in [9.17, 15) is 20.2 Å². The third-order valence-corrected chi connectivity index (χ3v) is 2.52. The molecule has 0 saturated carbocycles. The van der Waals surface area contributed by atoms with Crippen LogP contribution in [0.4, 0.5) is 0 Å². The van der Waals surface area contributed by atoms with Gasteiger partial charge >= 0.3 is 5.66 Å². The van der Waals surface area contributed by atoms with Gasteiger partial charge < -0.3 is 0 Å². The summed E-state index contributed by atoms with van der Waals surface area (Å²) in [4.78, 5) is 21.2. The van der Waals surface area contributed by atoms with Crippen molar-refractivity contribution in [2.45, 2.75) is 32.0 Å². The molecule has 0 N–H and O–H groups in total. The predicted molar refractivity (Wildman–Crippen MR) is 58.4 cm³/mol. The number of nitro groups is 2. The van der Waals surface area contributed by atoms with Crippen molar-refractivity contribution in [2.24, 2.45) is 0 Å². The van der Waals surface area contributed by atoms with Crippen molar-refractivity contribution < 1.29 is 9.85 Å². The topological polar surface area (TPSA) is 89.5 Å². The van der Waals surface area contributed by atoms with Gasteiger partial charge in [0.1, 0.15) is 22.9 Å². The van der Waals surface area contributed by atoms with Crippen LogP contribution < -0.4 is 0 Å². The first kappa shape index (κ1) is 14.2. The Morgan fingerprint density at radius 1 is 1.13 bits per heavy atom. The van der Waals surface area contributed by atoms with Crippen molar-refractivity contribution in [2.75, 3.05) is 13.1 Å². The summed E-state index contributed by atoms with van der Waals surface area (Å²) in [5.41, 5.74) is -2.23. The van der Waals surface area contributed by atoms with Gasteiger partial charge in [-0.05, 0) is 20.8 Å². The maximum Gasteiger partial charge on any atom is 0.482 e.